The average Bonchev–Trinajstić information content (AvgIpc) is 2.24. The topological polar surface area (TPSA) is 55.1 Å². The number of hydrogen-bond acceptors (Lipinski definition) is 2. The van der Waals surface area contributed by atoms with Gasteiger partial charge < -0.3 is 11.1 Å². The molecule has 0 aromatic heterocycles. The Labute approximate surface area is 116 Å². The molecular formula is C10H11BrClF3N2O. The molecule has 3 nitrogen and oxygen atoms in total. The first kappa shape index (κ1) is 17.2. The Balaban J connectivity index is 0.00000289. The predicted octanol–water partition coefficient (Wildman–Crippen LogP) is 2.33. The number of alkyl halides is 2. The Morgan fingerprint density at radius 1 is 1.39 bits per heavy atom. The molecule has 0 aliphatic heterocycles. The van der Waals surface area contributed by atoms with E-state index >= 15 is 0 Å². The van der Waals surface area contributed by atoms with Crippen LogP contribution in [0.4, 0.5) is 13.2 Å². The highest BCUT2D eigenvalue weighted by Crippen LogP contribution is 2.15. The first-order valence-corrected chi connectivity index (χ1v) is 5.45. The lowest BCUT2D eigenvalue weighted by Gasteiger charge is -2.14. The lowest BCUT2D eigenvalue weighted by molar-refractivity contribution is 0.0118. The number of hydrogen-bond donors (Lipinski definition) is 2. The summed E-state index contributed by atoms with van der Waals surface area (Å²) in [6.45, 7) is -1.74. The van der Waals surface area contributed by atoms with E-state index < -0.39 is 30.7 Å². The third-order valence-electron chi connectivity index (χ3n) is 1.93. The monoisotopic (exact) mass is 346 g/mol. The second-order valence-electron chi connectivity index (χ2n) is 3.40. The maximum Gasteiger partial charge on any atom is 0.277 e. The number of rotatable bonds is 4. The fraction of sp³-hybridized carbons (Fsp3) is 0.300. The molecular weight excluding hydrogens is 336 g/mol. The van der Waals surface area contributed by atoms with Gasteiger partial charge in [-0.3, -0.25) is 4.79 Å². The van der Waals surface area contributed by atoms with Crippen molar-refractivity contribution in [1.82, 2.24) is 5.32 Å². The molecule has 0 spiro atoms. The second-order valence-corrected chi connectivity index (χ2v) is 4.32. The summed E-state index contributed by atoms with van der Waals surface area (Å²) >= 11 is 3.00. The molecule has 0 radical (unpaired) electrons. The molecule has 1 rings (SSSR count). The van der Waals surface area contributed by atoms with Crippen LogP contribution in [0.25, 0.3) is 0 Å². The maximum absolute atomic E-state index is 13.0. The van der Waals surface area contributed by atoms with Gasteiger partial charge in [-0.15, -0.1) is 12.4 Å². The zero-order valence-electron chi connectivity index (χ0n) is 9.05. The van der Waals surface area contributed by atoms with Gasteiger partial charge in [-0.2, -0.15) is 0 Å². The second kappa shape index (κ2) is 6.96. The van der Waals surface area contributed by atoms with Crippen LogP contribution in [0.5, 0.6) is 0 Å². The summed E-state index contributed by atoms with van der Waals surface area (Å²) in [6, 6.07) is 3.45. The summed E-state index contributed by atoms with van der Waals surface area (Å²) in [6.07, 6.45) is 0. The van der Waals surface area contributed by atoms with E-state index in [1.807, 2.05) is 5.32 Å². The van der Waals surface area contributed by atoms with Gasteiger partial charge in [0.1, 0.15) is 5.82 Å². The summed E-state index contributed by atoms with van der Waals surface area (Å²) in [5, 5.41) is 1.99. The molecule has 1 aromatic carbocycles. The Morgan fingerprint density at radius 2 is 2.00 bits per heavy atom. The zero-order chi connectivity index (χ0) is 13.1. The number of nitrogens with two attached hydrogens (primary N) is 1. The normalized spacial score (nSPS) is 10.7. The van der Waals surface area contributed by atoms with Crippen LogP contribution in [0.1, 0.15) is 10.4 Å². The number of benzene rings is 1. The molecule has 1 aromatic rings. The molecule has 0 aliphatic rings. The van der Waals surface area contributed by atoms with Gasteiger partial charge in [0.05, 0.1) is 13.1 Å². The lowest BCUT2D eigenvalue weighted by atomic mass is 10.2. The molecule has 0 unspecified atom stereocenters. The maximum atomic E-state index is 13.0. The first-order chi connectivity index (χ1) is 7.84. The van der Waals surface area contributed by atoms with Crippen molar-refractivity contribution in [3.05, 3.63) is 34.1 Å². The average molecular weight is 348 g/mol. The molecule has 0 saturated heterocycles. The van der Waals surface area contributed by atoms with Crippen LogP contribution < -0.4 is 11.1 Å². The minimum absolute atomic E-state index is 0. The zero-order valence-corrected chi connectivity index (χ0v) is 11.5. The minimum atomic E-state index is -3.17. The first-order valence-electron chi connectivity index (χ1n) is 4.66. The third-order valence-corrected chi connectivity index (χ3v) is 2.39. The molecule has 18 heavy (non-hydrogen) atoms. The Kier molecular flexibility index (Phi) is 6.66. The highest BCUT2D eigenvalue weighted by Gasteiger charge is 2.27. The van der Waals surface area contributed by atoms with E-state index in [9.17, 15) is 18.0 Å². The molecule has 0 fully saturated rings. The molecule has 102 valence electrons. The van der Waals surface area contributed by atoms with E-state index in [1.54, 1.807) is 0 Å². The van der Waals surface area contributed by atoms with E-state index in [-0.39, 0.29) is 18.0 Å². The van der Waals surface area contributed by atoms with Crippen LogP contribution in [-0.4, -0.2) is 24.9 Å². The largest absolute Gasteiger partial charge is 0.346 e. The highest BCUT2D eigenvalue weighted by atomic mass is 79.9. The molecule has 0 atom stereocenters. The van der Waals surface area contributed by atoms with Crippen molar-refractivity contribution in [2.45, 2.75) is 5.92 Å². The smallest absolute Gasteiger partial charge is 0.277 e. The van der Waals surface area contributed by atoms with Gasteiger partial charge in [-0.1, -0.05) is 15.9 Å². The van der Waals surface area contributed by atoms with Crippen molar-refractivity contribution >= 4 is 34.2 Å². The molecule has 0 bridgehead atoms. The van der Waals surface area contributed by atoms with Crippen LogP contribution in [0.3, 0.4) is 0 Å². The van der Waals surface area contributed by atoms with Gasteiger partial charge >= 0.3 is 0 Å². The van der Waals surface area contributed by atoms with E-state index in [0.29, 0.717) is 4.47 Å². The van der Waals surface area contributed by atoms with Gasteiger partial charge in [-0.25, -0.2) is 13.2 Å². The van der Waals surface area contributed by atoms with Crippen LogP contribution in [0, 0.1) is 5.82 Å². The van der Waals surface area contributed by atoms with Crippen molar-refractivity contribution in [2.75, 3.05) is 13.1 Å². The van der Waals surface area contributed by atoms with Gasteiger partial charge in [0.25, 0.3) is 11.8 Å². The van der Waals surface area contributed by atoms with E-state index in [2.05, 4.69) is 15.9 Å². The number of carbonyl (C=O) groups is 1. The van der Waals surface area contributed by atoms with Crippen LogP contribution >= 0.6 is 28.3 Å². The van der Waals surface area contributed by atoms with Crippen molar-refractivity contribution < 1.29 is 18.0 Å². The van der Waals surface area contributed by atoms with E-state index in [4.69, 9.17) is 5.73 Å². The van der Waals surface area contributed by atoms with Crippen molar-refractivity contribution in [1.29, 1.82) is 0 Å². The Hall–Kier alpha value is -0.790. The van der Waals surface area contributed by atoms with Gasteiger partial charge in [0, 0.05) is 10.0 Å². The number of nitrogens with one attached hydrogen (secondary N) is 1. The molecule has 3 N–H and O–H groups in total. The highest BCUT2D eigenvalue weighted by molar-refractivity contribution is 9.10. The molecule has 0 saturated carbocycles. The molecule has 0 heterocycles. The standard InChI is InChI=1S/C10H10BrF3N2O.ClH/c11-7-1-6(2-8(12)3-7)9(17)16-5-10(13,14)4-15;/h1-3H,4-5,15H2,(H,16,17);1H. The van der Waals surface area contributed by atoms with E-state index in [1.165, 1.54) is 6.07 Å². The quantitative estimate of drug-likeness (QED) is 0.878. The number of halogens is 5. The molecule has 8 heteroatoms. The lowest BCUT2D eigenvalue weighted by Crippen LogP contribution is -2.41. The Morgan fingerprint density at radius 3 is 2.50 bits per heavy atom. The molecule has 0 aliphatic carbocycles. The van der Waals surface area contributed by atoms with Gasteiger partial charge in [0.2, 0.25) is 0 Å². The summed E-state index contributed by atoms with van der Waals surface area (Å²) in [7, 11) is 0. The SMILES string of the molecule is Cl.NCC(F)(F)CNC(=O)c1cc(F)cc(Br)c1. The molecule has 1 amide bonds. The van der Waals surface area contributed by atoms with Crippen LogP contribution in [-0.2, 0) is 0 Å². The van der Waals surface area contributed by atoms with E-state index in [0.717, 1.165) is 12.1 Å². The summed E-state index contributed by atoms with van der Waals surface area (Å²) in [5.41, 5.74) is 4.77. The van der Waals surface area contributed by atoms with Crippen molar-refractivity contribution in [2.24, 2.45) is 5.73 Å². The predicted molar refractivity (Wildman–Crippen MR) is 67.7 cm³/mol. The Bertz CT molecular complexity index is 411. The van der Waals surface area contributed by atoms with Gasteiger partial charge in [0.15, 0.2) is 0 Å². The number of carbonyl (C=O) groups excluding carboxylic acids is 1. The van der Waals surface area contributed by atoms with Gasteiger partial charge in [-0.05, 0) is 18.2 Å². The summed E-state index contributed by atoms with van der Waals surface area (Å²) in [5.74, 6) is -4.58. The van der Waals surface area contributed by atoms with Crippen LogP contribution in [0.15, 0.2) is 22.7 Å². The van der Waals surface area contributed by atoms with Crippen LogP contribution in [0.2, 0.25) is 0 Å². The fourth-order valence-electron chi connectivity index (χ4n) is 1.07. The fourth-order valence-corrected chi connectivity index (χ4v) is 1.53. The summed E-state index contributed by atoms with van der Waals surface area (Å²) in [4.78, 5) is 11.4. The summed E-state index contributed by atoms with van der Waals surface area (Å²) < 4.78 is 38.8. The minimum Gasteiger partial charge on any atom is -0.346 e. The number of amides is 1. The third kappa shape index (κ3) is 5.24. The van der Waals surface area contributed by atoms with Crippen molar-refractivity contribution in [3.8, 4) is 0 Å². The van der Waals surface area contributed by atoms with Crippen molar-refractivity contribution in [3.63, 3.8) is 0 Å².